The fraction of sp³-hybridized carbons (Fsp3) is 0. The van der Waals surface area contributed by atoms with Gasteiger partial charge in [-0.25, -0.2) is 0 Å². The molecule has 0 aliphatic rings. The molecule has 0 aliphatic carbocycles. The normalized spacial score (nSPS) is 12.0. The van der Waals surface area contributed by atoms with E-state index in [2.05, 4.69) is 94.8 Å². The molecule has 0 N–H and O–H groups in total. The second-order valence-corrected chi connectivity index (χ2v) is 8.73. The number of fused-ring (bicyclic) bond motifs is 9. The van der Waals surface area contributed by atoms with Gasteiger partial charge in [0.15, 0.2) is 0 Å². The van der Waals surface area contributed by atoms with E-state index in [9.17, 15) is 0 Å². The number of hydrogen-bond donors (Lipinski definition) is 0. The predicted octanol–water partition coefficient (Wildman–Crippen LogP) is 8.28. The van der Waals surface area contributed by atoms with Crippen molar-refractivity contribution in [1.29, 1.82) is 0 Å². The molecule has 0 nitrogen and oxygen atoms in total. The molecule has 0 fully saturated rings. The zero-order chi connectivity index (χ0) is 17.3. The van der Waals surface area contributed by atoms with Crippen molar-refractivity contribution in [2.24, 2.45) is 0 Å². The van der Waals surface area contributed by atoms with Crippen LogP contribution in [0.3, 0.4) is 0 Å². The first-order valence-electron chi connectivity index (χ1n) is 8.64. The van der Waals surface area contributed by atoms with Gasteiger partial charge >= 0.3 is 0 Å². The number of thiophene rings is 1. The van der Waals surface area contributed by atoms with E-state index in [4.69, 9.17) is 0 Å². The highest BCUT2D eigenvalue weighted by Crippen LogP contribution is 2.42. The maximum absolute atomic E-state index is 3.63. The van der Waals surface area contributed by atoms with Crippen LogP contribution in [0.2, 0.25) is 0 Å². The van der Waals surface area contributed by atoms with E-state index in [1.54, 1.807) is 0 Å². The summed E-state index contributed by atoms with van der Waals surface area (Å²) in [5.74, 6) is 0. The molecule has 5 aromatic carbocycles. The van der Waals surface area contributed by atoms with Crippen LogP contribution in [0.15, 0.2) is 83.3 Å². The molecule has 0 radical (unpaired) electrons. The van der Waals surface area contributed by atoms with Crippen molar-refractivity contribution < 1.29 is 0 Å². The summed E-state index contributed by atoms with van der Waals surface area (Å²) in [6, 6.07) is 28.9. The first-order valence-corrected chi connectivity index (χ1v) is 10.3. The summed E-state index contributed by atoms with van der Waals surface area (Å²) in [4.78, 5) is 0. The van der Waals surface area contributed by atoms with Crippen molar-refractivity contribution in [2.45, 2.75) is 0 Å². The Balaban J connectivity index is 1.94. The summed E-state index contributed by atoms with van der Waals surface area (Å²) < 4.78 is 3.83. The minimum Gasteiger partial charge on any atom is -0.135 e. The summed E-state index contributed by atoms with van der Waals surface area (Å²) >= 11 is 5.51. The van der Waals surface area contributed by atoms with E-state index in [1.165, 1.54) is 52.5 Å². The lowest BCUT2D eigenvalue weighted by Gasteiger charge is -2.10. The van der Waals surface area contributed by atoms with Gasteiger partial charge in [-0.3, -0.25) is 0 Å². The molecule has 0 saturated heterocycles. The monoisotopic (exact) mass is 412 g/mol. The first kappa shape index (κ1) is 14.7. The Labute approximate surface area is 162 Å². The maximum atomic E-state index is 3.63. The highest BCUT2D eigenvalue weighted by atomic mass is 79.9. The van der Waals surface area contributed by atoms with Crippen molar-refractivity contribution in [3.05, 3.63) is 83.3 Å². The standard InChI is InChI=1S/C24H13BrS/c25-14-9-10-23-21(11-14)22-12-19-17-7-3-1-5-15(17)16-6-2-4-8-18(16)20(19)13-24(22)26-23/h1-13H. The minimum absolute atomic E-state index is 1.13. The molecular formula is C24H13BrS. The van der Waals surface area contributed by atoms with Crippen molar-refractivity contribution in [1.82, 2.24) is 0 Å². The average Bonchev–Trinajstić information content (AvgIpc) is 3.04. The van der Waals surface area contributed by atoms with Gasteiger partial charge in [-0.15, -0.1) is 11.3 Å². The Morgan fingerprint density at radius 2 is 1.00 bits per heavy atom. The van der Waals surface area contributed by atoms with E-state index < -0.39 is 0 Å². The number of benzene rings is 5. The van der Waals surface area contributed by atoms with Crippen LogP contribution in [-0.4, -0.2) is 0 Å². The summed E-state index contributed by atoms with van der Waals surface area (Å²) in [6.07, 6.45) is 0. The molecule has 0 bridgehead atoms. The largest absolute Gasteiger partial charge is 0.135 e. The van der Waals surface area contributed by atoms with Crippen LogP contribution in [0.4, 0.5) is 0 Å². The van der Waals surface area contributed by atoms with Gasteiger partial charge < -0.3 is 0 Å². The van der Waals surface area contributed by atoms with Crippen LogP contribution in [0.1, 0.15) is 0 Å². The van der Waals surface area contributed by atoms with Gasteiger partial charge in [0.25, 0.3) is 0 Å². The van der Waals surface area contributed by atoms with Crippen LogP contribution in [-0.2, 0) is 0 Å². The van der Waals surface area contributed by atoms with Gasteiger partial charge in [0.1, 0.15) is 0 Å². The minimum atomic E-state index is 1.13. The van der Waals surface area contributed by atoms with Crippen LogP contribution < -0.4 is 0 Å². The molecule has 0 amide bonds. The van der Waals surface area contributed by atoms with Crippen molar-refractivity contribution in [3.63, 3.8) is 0 Å². The van der Waals surface area contributed by atoms with Gasteiger partial charge in [-0.2, -0.15) is 0 Å². The fourth-order valence-electron chi connectivity index (χ4n) is 4.15. The van der Waals surface area contributed by atoms with Crippen LogP contribution in [0.5, 0.6) is 0 Å². The Morgan fingerprint density at radius 3 is 1.65 bits per heavy atom. The molecule has 0 unspecified atom stereocenters. The zero-order valence-corrected chi connectivity index (χ0v) is 16.2. The topological polar surface area (TPSA) is 0 Å². The predicted molar refractivity (Wildman–Crippen MR) is 120 cm³/mol. The van der Waals surface area contributed by atoms with Gasteiger partial charge in [0, 0.05) is 24.6 Å². The number of halogens is 1. The Kier molecular flexibility index (Phi) is 3.00. The highest BCUT2D eigenvalue weighted by Gasteiger charge is 2.12. The Hall–Kier alpha value is -2.42. The molecule has 1 heterocycles. The summed E-state index contributed by atoms with van der Waals surface area (Å²) in [5.41, 5.74) is 0. The molecule has 1 aromatic heterocycles. The van der Waals surface area contributed by atoms with E-state index in [0.717, 1.165) is 4.47 Å². The van der Waals surface area contributed by atoms with Crippen molar-refractivity contribution in [3.8, 4) is 0 Å². The highest BCUT2D eigenvalue weighted by molar-refractivity contribution is 9.10. The average molecular weight is 413 g/mol. The van der Waals surface area contributed by atoms with Gasteiger partial charge in [0.05, 0.1) is 0 Å². The molecule has 122 valence electrons. The van der Waals surface area contributed by atoms with E-state index >= 15 is 0 Å². The maximum Gasteiger partial charge on any atom is 0.0362 e. The van der Waals surface area contributed by atoms with E-state index in [-0.39, 0.29) is 0 Å². The number of rotatable bonds is 0. The molecule has 2 heteroatoms. The third kappa shape index (κ3) is 1.94. The molecule has 0 saturated carbocycles. The summed E-state index contributed by atoms with van der Waals surface area (Å²) in [7, 11) is 0. The quantitative estimate of drug-likeness (QED) is 0.220. The molecule has 0 atom stereocenters. The second-order valence-electron chi connectivity index (χ2n) is 6.73. The molecule has 0 aliphatic heterocycles. The molecular weight excluding hydrogens is 400 g/mol. The van der Waals surface area contributed by atoms with Gasteiger partial charge in [0.2, 0.25) is 0 Å². The smallest absolute Gasteiger partial charge is 0.0362 e. The van der Waals surface area contributed by atoms with Crippen LogP contribution >= 0.6 is 27.3 Å². The van der Waals surface area contributed by atoms with E-state index in [0.29, 0.717) is 0 Å². The number of hydrogen-bond acceptors (Lipinski definition) is 1. The lowest BCUT2D eigenvalue weighted by atomic mass is 9.93. The molecule has 6 aromatic rings. The molecule has 0 spiro atoms. The van der Waals surface area contributed by atoms with Gasteiger partial charge in [-0.05, 0) is 62.6 Å². The van der Waals surface area contributed by atoms with E-state index in [1.807, 2.05) is 11.3 Å². The third-order valence-electron chi connectivity index (χ3n) is 5.30. The molecule has 6 rings (SSSR count). The second kappa shape index (κ2) is 5.29. The Bertz CT molecular complexity index is 1490. The summed E-state index contributed by atoms with van der Waals surface area (Å²) in [6.45, 7) is 0. The zero-order valence-electron chi connectivity index (χ0n) is 13.8. The van der Waals surface area contributed by atoms with Crippen LogP contribution in [0, 0.1) is 0 Å². The third-order valence-corrected chi connectivity index (χ3v) is 6.92. The first-order chi connectivity index (χ1) is 12.8. The van der Waals surface area contributed by atoms with Crippen molar-refractivity contribution in [2.75, 3.05) is 0 Å². The lowest BCUT2D eigenvalue weighted by Crippen LogP contribution is -1.82. The van der Waals surface area contributed by atoms with Gasteiger partial charge in [-0.1, -0.05) is 64.5 Å². The summed E-state index contributed by atoms with van der Waals surface area (Å²) in [5, 5.41) is 10.7. The molecule has 26 heavy (non-hydrogen) atoms. The Morgan fingerprint density at radius 1 is 0.462 bits per heavy atom. The van der Waals surface area contributed by atoms with Crippen LogP contribution in [0.25, 0.3) is 52.5 Å². The SMILES string of the molecule is Brc1ccc2sc3cc4c5ccccc5c5ccccc5c4cc3c2c1. The van der Waals surface area contributed by atoms with Crippen molar-refractivity contribution >= 4 is 79.8 Å². The fourth-order valence-corrected chi connectivity index (χ4v) is 5.61. The lowest BCUT2D eigenvalue weighted by molar-refractivity contribution is 1.77.